The van der Waals surface area contributed by atoms with Gasteiger partial charge in [0.1, 0.15) is 6.10 Å². The van der Waals surface area contributed by atoms with Crippen LogP contribution in [-0.2, 0) is 32.4 Å². The number of rotatable bonds is 3. The summed E-state index contributed by atoms with van der Waals surface area (Å²) >= 11 is 0. The van der Waals surface area contributed by atoms with E-state index in [-0.39, 0.29) is 12.0 Å². The van der Waals surface area contributed by atoms with Crippen molar-refractivity contribution < 1.29 is 17.9 Å². The smallest absolute Gasteiger partial charge is 0.251 e. The van der Waals surface area contributed by atoms with Crippen LogP contribution in [0.2, 0.25) is 0 Å². The summed E-state index contributed by atoms with van der Waals surface area (Å²) in [6, 6.07) is 5.57. The largest absolute Gasteiger partial charge is 0.368 e. The molecule has 0 spiro atoms. The molecule has 0 aromatic heterocycles. The summed E-state index contributed by atoms with van der Waals surface area (Å²) in [6.07, 6.45) is 5.66. The molecular formula is C19H26N2O4S. The molecular weight excluding hydrogens is 352 g/mol. The van der Waals surface area contributed by atoms with Gasteiger partial charge in [0.05, 0.1) is 4.90 Å². The normalized spacial score (nSPS) is 24.5. The van der Waals surface area contributed by atoms with E-state index >= 15 is 0 Å². The van der Waals surface area contributed by atoms with E-state index < -0.39 is 10.0 Å². The molecule has 0 bridgehead atoms. The zero-order chi connectivity index (χ0) is 18.1. The van der Waals surface area contributed by atoms with Gasteiger partial charge in [-0.3, -0.25) is 4.79 Å². The third-order valence-corrected chi connectivity index (χ3v) is 7.61. The Labute approximate surface area is 155 Å². The number of sulfonamides is 1. The second-order valence-corrected chi connectivity index (χ2v) is 9.31. The van der Waals surface area contributed by atoms with Crippen molar-refractivity contribution in [2.45, 2.75) is 49.5 Å². The Kier molecular flexibility index (Phi) is 5.03. The van der Waals surface area contributed by atoms with E-state index in [9.17, 15) is 13.2 Å². The number of nitrogens with zero attached hydrogens (tertiary/aromatic N) is 2. The van der Waals surface area contributed by atoms with E-state index in [0.29, 0.717) is 37.7 Å². The summed E-state index contributed by atoms with van der Waals surface area (Å²) in [6.45, 7) is 2.20. The molecule has 0 saturated carbocycles. The van der Waals surface area contributed by atoms with Gasteiger partial charge in [0.25, 0.3) is 5.91 Å². The van der Waals surface area contributed by atoms with Gasteiger partial charge >= 0.3 is 0 Å². The number of ether oxygens (including phenoxy) is 1. The second-order valence-electron chi connectivity index (χ2n) is 7.37. The minimum atomic E-state index is -3.50. The lowest BCUT2D eigenvalue weighted by molar-refractivity contribution is -0.142. The summed E-state index contributed by atoms with van der Waals surface area (Å²) in [4.78, 5) is 14.6. The van der Waals surface area contributed by atoms with Crippen LogP contribution in [0.15, 0.2) is 23.1 Å². The first-order valence-electron chi connectivity index (χ1n) is 9.58. The first-order valence-corrected chi connectivity index (χ1v) is 11.0. The quantitative estimate of drug-likeness (QED) is 0.801. The van der Waals surface area contributed by atoms with Crippen LogP contribution in [0.1, 0.15) is 36.8 Å². The Morgan fingerprint density at radius 1 is 1.00 bits per heavy atom. The highest BCUT2D eigenvalue weighted by molar-refractivity contribution is 7.89. The highest BCUT2D eigenvalue weighted by atomic mass is 32.2. The molecule has 7 heteroatoms. The Morgan fingerprint density at radius 3 is 2.42 bits per heavy atom. The first-order chi connectivity index (χ1) is 12.6. The summed E-state index contributed by atoms with van der Waals surface area (Å²) in [5.41, 5.74) is 2.45. The fourth-order valence-electron chi connectivity index (χ4n) is 4.14. The third-order valence-electron chi connectivity index (χ3n) is 5.71. The van der Waals surface area contributed by atoms with E-state index in [1.807, 2.05) is 12.1 Å². The number of amides is 1. The van der Waals surface area contributed by atoms with Gasteiger partial charge in [0.2, 0.25) is 10.0 Å². The van der Waals surface area contributed by atoms with Crippen LogP contribution in [0.25, 0.3) is 0 Å². The number of hydrogen-bond acceptors (Lipinski definition) is 4. The highest BCUT2D eigenvalue weighted by Crippen LogP contribution is 2.26. The Morgan fingerprint density at radius 2 is 1.73 bits per heavy atom. The fourth-order valence-corrected chi connectivity index (χ4v) is 5.62. The van der Waals surface area contributed by atoms with Gasteiger partial charge < -0.3 is 9.64 Å². The number of hydrogen-bond donors (Lipinski definition) is 0. The van der Waals surface area contributed by atoms with Crippen molar-refractivity contribution in [1.29, 1.82) is 0 Å². The standard InChI is InChI=1S/C19H26N2O4S/c22-19(18-6-3-13-25-18)20-9-11-21(12-10-20)26(23,24)17-8-7-15-4-1-2-5-16(15)14-17/h7-8,14,18H,1-6,9-13H2/t18-/m0/s1. The average Bonchev–Trinajstić information content (AvgIpc) is 3.22. The minimum Gasteiger partial charge on any atom is -0.368 e. The Balaban J connectivity index is 1.44. The monoisotopic (exact) mass is 378 g/mol. The zero-order valence-corrected chi connectivity index (χ0v) is 15.8. The summed E-state index contributed by atoms with van der Waals surface area (Å²) < 4.78 is 33.0. The van der Waals surface area contributed by atoms with Gasteiger partial charge in [-0.2, -0.15) is 4.31 Å². The van der Waals surface area contributed by atoms with E-state index in [1.54, 1.807) is 11.0 Å². The van der Waals surface area contributed by atoms with E-state index in [2.05, 4.69) is 0 Å². The van der Waals surface area contributed by atoms with Crippen LogP contribution in [0, 0.1) is 0 Å². The molecule has 6 nitrogen and oxygen atoms in total. The van der Waals surface area contributed by atoms with Gasteiger partial charge in [-0.1, -0.05) is 6.07 Å². The maximum absolute atomic E-state index is 13.0. The summed E-state index contributed by atoms with van der Waals surface area (Å²) in [5, 5.41) is 0. The van der Waals surface area contributed by atoms with Crippen LogP contribution < -0.4 is 0 Å². The molecule has 0 radical (unpaired) electrons. The molecule has 4 rings (SSSR count). The van der Waals surface area contributed by atoms with Gasteiger partial charge in [0, 0.05) is 32.8 Å². The van der Waals surface area contributed by atoms with Gasteiger partial charge in [0.15, 0.2) is 0 Å². The van der Waals surface area contributed by atoms with Gasteiger partial charge in [-0.25, -0.2) is 8.42 Å². The molecule has 1 amide bonds. The number of benzene rings is 1. The number of carbonyl (C=O) groups is 1. The molecule has 0 N–H and O–H groups in total. The second kappa shape index (κ2) is 7.29. The van der Waals surface area contributed by atoms with E-state index in [4.69, 9.17) is 4.74 Å². The van der Waals surface area contributed by atoms with Crippen LogP contribution in [-0.4, -0.2) is 62.4 Å². The highest BCUT2D eigenvalue weighted by Gasteiger charge is 2.34. The van der Waals surface area contributed by atoms with Crippen molar-refractivity contribution in [3.05, 3.63) is 29.3 Å². The minimum absolute atomic E-state index is 0.00771. The van der Waals surface area contributed by atoms with E-state index in [1.165, 1.54) is 21.9 Å². The molecule has 1 aromatic rings. The van der Waals surface area contributed by atoms with Gasteiger partial charge in [-0.15, -0.1) is 0 Å². The summed E-state index contributed by atoms with van der Waals surface area (Å²) in [7, 11) is -3.50. The predicted octanol–water partition coefficient (Wildman–Crippen LogP) is 1.58. The molecule has 3 aliphatic rings. The Hall–Kier alpha value is -1.44. The van der Waals surface area contributed by atoms with Crippen molar-refractivity contribution >= 4 is 15.9 Å². The molecule has 2 aliphatic heterocycles. The number of fused-ring (bicyclic) bond motifs is 1. The number of piperazine rings is 1. The third kappa shape index (κ3) is 3.40. The molecule has 2 fully saturated rings. The lowest BCUT2D eigenvalue weighted by Crippen LogP contribution is -2.52. The van der Waals surface area contributed by atoms with Gasteiger partial charge in [-0.05, 0) is 61.8 Å². The Bertz CT molecular complexity index is 779. The van der Waals surface area contributed by atoms with Crippen molar-refractivity contribution in [1.82, 2.24) is 9.21 Å². The van der Waals surface area contributed by atoms with Crippen molar-refractivity contribution in [2.75, 3.05) is 32.8 Å². The zero-order valence-electron chi connectivity index (χ0n) is 15.0. The molecule has 2 heterocycles. The molecule has 1 aliphatic carbocycles. The molecule has 1 aromatic carbocycles. The lowest BCUT2D eigenvalue weighted by Gasteiger charge is -2.35. The van der Waals surface area contributed by atoms with Crippen LogP contribution in [0.4, 0.5) is 0 Å². The molecule has 142 valence electrons. The maximum atomic E-state index is 13.0. The van der Waals surface area contributed by atoms with Crippen molar-refractivity contribution in [3.8, 4) is 0 Å². The van der Waals surface area contributed by atoms with Crippen LogP contribution >= 0.6 is 0 Å². The SMILES string of the molecule is O=C([C@@H]1CCCO1)N1CCN(S(=O)(=O)c2ccc3c(c2)CCCC3)CC1. The first kappa shape index (κ1) is 17.9. The lowest BCUT2D eigenvalue weighted by atomic mass is 9.92. The average molecular weight is 378 g/mol. The fraction of sp³-hybridized carbons (Fsp3) is 0.632. The number of aryl methyl sites for hydroxylation is 2. The van der Waals surface area contributed by atoms with Crippen LogP contribution in [0.3, 0.4) is 0 Å². The van der Waals surface area contributed by atoms with Crippen molar-refractivity contribution in [2.24, 2.45) is 0 Å². The van der Waals surface area contributed by atoms with Crippen molar-refractivity contribution in [3.63, 3.8) is 0 Å². The molecule has 1 atom stereocenters. The molecule has 26 heavy (non-hydrogen) atoms. The summed E-state index contributed by atoms with van der Waals surface area (Å²) in [5.74, 6) is 0.00771. The van der Waals surface area contributed by atoms with E-state index in [0.717, 1.165) is 32.1 Å². The molecule has 2 saturated heterocycles. The topological polar surface area (TPSA) is 66.9 Å². The predicted molar refractivity (Wildman–Crippen MR) is 97.4 cm³/mol. The maximum Gasteiger partial charge on any atom is 0.251 e. The number of carbonyl (C=O) groups excluding carboxylic acids is 1. The van der Waals surface area contributed by atoms with Crippen LogP contribution in [0.5, 0.6) is 0 Å². The molecule has 0 unspecified atom stereocenters.